The Bertz CT molecular complexity index is 655. The number of rotatable bonds is 4. The van der Waals surface area contributed by atoms with Crippen LogP contribution in [0.25, 0.3) is 11.4 Å². The van der Waals surface area contributed by atoms with Crippen LogP contribution in [0.5, 0.6) is 11.5 Å². The predicted octanol–water partition coefficient (Wildman–Crippen LogP) is 4.68. The number of nitrogens with zero attached hydrogens (tertiary/aromatic N) is 2. The van der Waals surface area contributed by atoms with E-state index in [1.807, 2.05) is 6.92 Å². The zero-order valence-corrected chi connectivity index (χ0v) is 14.0. The van der Waals surface area contributed by atoms with Gasteiger partial charge in [-0.25, -0.2) is 9.97 Å². The van der Waals surface area contributed by atoms with E-state index in [1.54, 1.807) is 12.1 Å². The molecule has 2 aromatic rings. The first-order valence-electron chi connectivity index (χ1n) is 6.15. The number of hydrogen-bond donors (Lipinski definition) is 0. The molecule has 0 aliphatic heterocycles. The maximum Gasteiger partial charge on any atom is 0.179 e. The SMILES string of the molecule is CCc1c(Cl)nc(-c2cc(Cl)c(OC)c(OC)c2)nc1Cl. The molecule has 0 unspecified atom stereocenters. The van der Waals surface area contributed by atoms with Gasteiger partial charge in [-0.2, -0.15) is 0 Å². The van der Waals surface area contributed by atoms with E-state index >= 15 is 0 Å². The first-order chi connectivity index (χ1) is 10.0. The fourth-order valence-electron chi connectivity index (χ4n) is 1.90. The summed E-state index contributed by atoms with van der Waals surface area (Å²) in [5.74, 6) is 1.31. The first-order valence-corrected chi connectivity index (χ1v) is 7.29. The summed E-state index contributed by atoms with van der Waals surface area (Å²) in [6.45, 7) is 1.93. The van der Waals surface area contributed by atoms with Crippen LogP contribution in [-0.4, -0.2) is 24.2 Å². The van der Waals surface area contributed by atoms with Gasteiger partial charge in [0, 0.05) is 11.1 Å². The minimum Gasteiger partial charge on any atom is -0.493 e. The molecular weight excluding hydrogens is 335 g/mol. The Balaban J connectivity index is 2.60. The average molecular weight is 348 g/mol. The fourth-order valence-corrected chi connectivity index (χ4v) is 2.84. The summed E-state index contributed by atoms with van der Waals surface area (Å²) in [6, 6.07) is 3.40. The first kappa shape index (κ1) is 16.1. The quantitative estimate of drug-likeness (QED) is 0.753. The van der Waals surface area contributed by atoms with Crippen molar-refractivity contribution in [3.8, 4) is 22.9 Å². The van der Waals surface area contributed by atoms with Crippen LogP contribution in [0, 0.1) is 0 Å². The summed E-state index contributed by atoms with van der Waals surface area (Å²) in [4.78, 5) is 8.52. The van der Waals surface area contributed by atoms with E-state index < -0.39 is 0 Å². The van der Waals surface area contributed by atoms with Crippen LogP contribution < -0.4 is 9.47 Å². The van der Waals surface area contributed by atoms with E-state index in [0.717, 1.165) is 0 Å². The van der Waals surface area contributed by atoms with Crippen molar-refractivity contribution in [2.45, 2.75) is 13.3 Å². The van der Waals surface area contributed by atoms with Crippen molar-refractivity contribution in [1.29, 1.82) is 0 Å². The van der Waals surface area contributed by atoms with Gasteiger partial charge in [-0.1, -0.05) is 41.7 Å². The lowest BCUT2D eigenvalue weighted by Gasteiger charge is -2.12. The maximum absolute atomic E-state index is 6.17. The minimum atomic E-state index is 0.332. The molecular formula is C14H13Cl3N2O2. The molecule has 0 radical (unpaired) electrons. The molecule has 1 aromatic carbocycles. The molecule has 0 N–H and O–H groups in total. The Labute approximate surface area is 138 Å². The lowest BCUT2D eigenvalue weighted by Crippen LogP contribution is -1.98. The number of ether oxygens (including phenoxy) is 2. The molecule has 0 spiro atoms. The monoisotopic (exact) mass is 346 g/mol. The summed E-state index contributed by atoms with van der Waals surface area (Å²) in [6.07, 6.45) is 0.657. The van der Waals surface area contributed by atoms with Gasteiger partial charge in [-0.15, -0.1) is 0 Å². The number of hydrogen-bond acceptors (Lipinski definition) is 4. The summed E-state index contributed by atoms with van der Waals surface area (Å²) in [7, 11) is 3.04. The lowest BCUT2D eigenvalue weighted by molar-refractivity contribution is 0.355. The van der Waals surface area contributed by atoms with Crippen LogP contribution in [0.4, 0.5) is 0 Å². The lowest BCUT2D eigenvalue weighted by atomic mass is 10.1. The molecule has 0 saturated carbocycles. The predicted molar refractivity (Wildman–Crippen MR) is 85.0 cm³/mol. The second-order valence-electron chi connectivity index (χ2n) is 4.15. The molecule has 21 heavy (non-hydrogen) atoms. The van der Waals surface area contributed by atoms with Gasteiger partial charge in [0.25, 0.3) is 0 Å². The Hall–Kier alpha value is -1.23. The second-order valence-corrected chi connectivity index (χ2v) is 5.28. The largest absolute Gasteiger partial charge is 0.493 e. The molecule has 0 bridgehead atoms. The van der Waals surface area contributed by atoms with E-state index in [2.05, 4.69) is 9.97 Å². The van der Waals surface area contributed by atoms with Gasteiger partial charge in [-0.3, -0.25) is 0 Å². The van der Waals surface area contributed by atoms with Crippen molar-refractivity contribution in [1.82, 2.24) is 9.97 Å². The number of aromatic nitrogens is 2. The molecule has 2 rings (SSSR count). The summed E-state index contributed by atoms with van der Waals surface area (Å²) in [5, 5.41) is 1.05. The van der Waals surface area contributed by atoms with Gasteiger partial charge in [0.1, 0.15) is 10.3 Å². The van der Waals surface area contributed by atoms with Crippen LogP contribution in [0.1, 0.15) is 12.5 Å². The van der Waals surface area contributed by atoms with Gasteiger partial charge < -0.3 is 9.47 Å². The smallest absolute Gasteiger partial charge is 0.179 e. The number of halogens is 3. The van der Waals surface area contributed by atoms with Crippen LogP contribution in [-0.2, 0) is 6.42 Å². The zero-order chi connectivity index (χ0) is 15.6. The van der Waals surface area contributed by atoms with E-state index in [1.165, 1.54) is 14.2 Å². The third-order valence-electron chi connectivity index (χ3n) is 2.95. The standard InChI is InChI=1S/C14H13Cl3N2O2/c1-4-8-12(16)18-14(19-13(8)17)7-5-9(15)11(21-3)10(6-7)20-2/h5-6H,4H2,1-3H3. The molecule has 1 heterocycles. The summed E-state index contributed by atoms with van der Waals surface area (Å²) < 4.78 is 10.4. The zero-order valence-electron chi connectivity index (χ0n) is 11.7. The highest BCUT2D eigenvalue weighted by Crippen LogP contribution is 2.39. The van der Waals surface area contributed by atoms with Gasteiger partial charge in [0.2, 0.25) is 0 Å². The molecule has 0 amide bonds. The average Bonchev–Trinajstić information content (AvgIpc) is 2.45. The number of methoxy groups -OCH3 is 2. The Morgan fingerprint density at radius 2 is 1.62 bits per heavy atom. The van der Waals surface area contributed by atoms with Crippen LogP contribution >= 0.6 is 34.8 Å². The third kappa shape index (κ3) is 3.18. The van der Waals surface area contributed by atoms with Crippen molar-refractivity contribution in [2.75, 3.05) is 14.2 Å². The van der Waals surface area contributed by atoms with Crippen LogP contribution in [0.15, 0.2) is 12.1 Å². The Morgan fingerprint density at radius 1 is 1.00 bits per heavy atom. The highest BCUT2D eigenvalue weighted by atomic mass is 35.5. The maximum atomic E-state index is 6.17. The highest BCUT2D eigenvalue weighted by molar-refractivity contribution is 6.34. The third-order valence-corrected chi connectivity index (χ3v) is 3.86. The van der Waals surface area contributed by atoms with Gasteiger partial charge in [-0.05, 0) is 18.6 Å². The van der Waals surface area contributed by atoms with E-state index in [-0.39, 0.29) is 0 Å². The molecule has 4 nitrogen and oxygen atoms in total. The fraction of sp³-hybridized carbons (Fsp3) is 0.286. The summed E-state index contributed by atoms with van der Waals surface area (Å²) in [5.41, 5.74) is 1.36. The molecule has 7 heteroatoms. The van der Waals surface area contributed by atoms with Crippen molar-refractivity contribution >= 4 is 34.8 Å². The van der Waals surface area contributed by atoms with Gasteiger partial charge in [0.15, 0.2) is 17.3 Å². The van der Waals surface area contributed by atoms with E-state index in [4.69, 9.17) is 44.3 Å². The normalized spacial score (nSPS) is 10.6. The second kappa shape index (κ2) is 6.69. The minimum absolute atomic E-state index is 0.332. The molecule has 0 aliphatic carbocycles. The van der Waals surface area contributed by atoms with Gasteiger partial charge >= 0.3 is 0 Å². The number of benzene rings is 1. The van der Waals surface area contributed by atoms with E-state index in [9.17, 15) is 0 Å². The van der Waals surface area contributed by atoms with Crippen molar-refractivity contribution < 1.29 is 9.47 Å². The molecule has 0 fully saturated rings. The topological polar surface area (TPSA) is 44.2 Å². The van der Waals surface area contributed by atoms with Gasteiger partial charge in [0.05, 0.1) is 19.2 Å². The van der Waals surface area contributed by atoms with Crippen molar-refractivity contribution in [3.63, 3.8) is 0 Å². The Kier molecular flexibility index (Phi) is 5.14. The molecule has 0 aliphatic rings. The van der Waals surface area contributed by atoms with E-state index in [0.29, 0.717) is 50.2 Å². The highest BCUT2D eigenvalue weighted by Gasteiger charge is 2.16. The Morgan fingerprint density at radius 3 is 2.10 bits per heavy atom. The van der Waals surface area contributed by atoms with Crippen LogP contribution in [0.3, 0.4) is 0 Å². The molecule has 0 atom stereocenters. The van der Waals surface area contributed by atoms with Crippen molar-refractivity contribution in [3.05, 3.63) is 33.0 Å². The molecule has 0 saturated heterocycles. The summed E-state index contributed by atoms with van der Waals surface area (Å²) >= 11 is 18.4. The molecule has 1 aromatic heterocycles. The molecule has 112 valence electrons. The van der Waals surface area contributed by atoms with Crippen molar-refractivity contribution in [2.24, 2.45) is 0 Å². The van der Waals surface area contributed by atoms with Crippen LogP contribution in [0.2, 0.25) is 15.3 Å².